The van der Waals surface area contributed by atoms with Gasteiger partial charge in [0.25, 0.3) is 0 Å². The Bertz CT molecular complexity index is 377. The summed E-state index contributed by atoms with van der Waals surface area (Å²) in [6, 6.07) is 4.86. The van der Waals surface area contributed by atoms with E-state index in [0.29, 0.717) is 24.3 Å². The fourth-order valence-electron chi connectivity index (χ4n) is 3.78. The number of nitrogens with zero attached hydrogens (tertiary/aromatic N) is 2. The normalized spacial score (nSPS) is 28.6. The molecule has 1 fully saturated rings. The summed E-state index contributed by atoms with van der Waals surface area (Å²) >= 11 is 0. The SMILES string of the molecule is CC1(C)C[C@H](NCCC#N)C[C@@](C)(CNCCC#N)C1. The monoisotopic (exact) mass is 276 g/mol. The minimum Gasteiger partial charge on any atom is -0.315 e. The van der Waals surface area contributed by atoms with Crippen molar-refractivity contribution in [3.05, 3.63) is 0 Å². The highest BCUT2D eigenvalue weighted by Gasteiger charge is 2.40. The zero-order valence-corrected chi connectivity index (χ0v) is 13.1. The molecule has 0 spiro atoms. The summed E-state index contributed by atoms with van der Waals surface area (Å²) < 4.78 is 0. The Labute approximate surface area is 123 Å². The maximum atomic E-state index is 8.64. The van der Waals surface area contributed by atoms with E-state index in [1.807, 2.05) is 0 Å². The van der Waals surface area contributed by atoms with Gasteiger partial charge in [0.2, 0.25) is 0 Å². The molecule has 2 N–H and O–H groups in total. The fourth-order valence-corrected chi connectivity index (χ4v) is 3.78. The van der Waals surface area contributed by atoms with Crippen LogP contribution in [-0.4, -0.2) is 25.7 Å². The van der Waals surface area contributed by atoms with Gasteiger partial charge in [0.1, 0.15) is 0 Å². The molecule has 1 aliphatic rings. The Kier molecular flexibility index (Phi) is 6.46. The van der Waals surface area contributed by atoms with Crippen LogP contribution in [0.3, 0.4) is 0 Å². The highest BCUT2D eigenvalue weighted by atomic mass is 14.9. The molecule has 0 aromatic heterocycles. The van der Waals surface area contributed by atoms with Gasteiger partial charge in [-0.05, 0) is 30.1 Å². The molecule has 0 bridgehead atoms. The highest BCUT2D eigenvalue weighted by molar-refractivity contribution is 4.95. The van der Waals surface area contributed by atoms with E-state index < -0.39 is 0 Å². The summed E-state index contributed by atoms with van der Waals surface area (Å²) in [6.45, 7) is 9.53. The van der Waals surface area contributed by atoms with Crippen LogP contribution < -0.4 is 10.6 Å². The number of hydrogen-bond acceptors (Lipinski definition) is 4. The first kappa shape index (κ1) is 17.0. The maximum absolute atomic E-state index is 8.64. The van der Waals surface area contributed by atoms with E-state index in [1.165, 1.54) is 12.8 Å². The van der Waals surface area contributed by atoms with E-state index in [0.717, 1.165) is 26.1 Å². The summed E-state index contributed by atoms with van der Waals surface area (Å²) in [4.78, 5) is 0. The van der Waals surface area contributed by atoms with E-state index >= 15 is 0 Å². The Morgan fingerprint density at radius 1 is 1.05 bits per heavy atom. The molecule has 0 heterocycles. The van der Waals surface area contributed by atoms with Crippen molar-refractivity contribution in [1.29, 1.82) is 10.5 Å². The van der Waals surface area contributed by atoms with Crippen LogP contribution in [-0.2, 0) is 0 Å². The van der Waals surface area contributed by atoms with Crippen molar-refractivity contribution in [1.82, 2.24) is 10.6 Å². The van der Waals surface area contributed by atoms with E-state index in [1.54, 1.807) is 0 Å². The number of nitriles is 2. The second kappa shape index (κ2) is 7.62. The van der Waals surface area contributed by atoms with Crippen molar-refractivity contribution in [2.45, 2.75) is 58.9 Å². The molecule has 1 saturated carbocycles. The first-order valence-electron chi connectivity index (χ1n) is 7.59. The van der Waals surface area contributed by atoms with Crippen LogP contribution in [0.2, 0.25) is 0 Å². The van der Waals surface area contributed by atoms with E-state index in [-0.39, 0.29) is 5.41 Å². The average Bonchev–Trinajstić information content (AvgIpc) is 2.33. The third kappa shape index (κ3) is 5.90. The topological polar surface area (TPSA) is 71.6 Å². The van der Waals surface area contributed by atoms with Gasteiger partial charge in [-0.1, -0.05) is 20.8 Å². The lowest BCUT2D eigenvalue weighted by atomic mass is 9.62. The van der Waals surface area contributed by atoms with Crippen molar-refractivity contribution < 1.29 is 0 Å². The van der Waals surface area contributed by atoms with Gasteiger partial charge >= 0.3 is 0 Å². The Morgan fingerprint density at radius 2 is 1.70 bits per heavy atom. The van der Waals surface area contributed by atoms with Crippen molar-refractivity contribution in [3.8, 4) is 12.1 Å². The largest absolute Gasteiger partial charge is 0.315 e. The molecule has 1 rings (SSSR count). The van der Waals surface area contributed by atoms with E-state index in [2.05, 4.69) is 43.5 Å². The summed E-state index contributed by atoms with van der Waals surface area (Å²) in [6.07, 6.45) is 4.67. The standard InChI is InChI=1S/C16H28N4/c1-15(2)10-14(20-9-5-7-18)11-16(3,12-15)13-19-8-4-6-17/h14,19-20H,4-5,8-13H2,1-3H3/t14-,16+/m0/s1. The van der Waals surface area contributed by atoms with Gasteiger partial charge < -0.3 is 10.6 Å². The quantitative estimate of drug-likeness (QED) is 0.701. The van der Waals surface area contributed by atoms with Crippen LogP contribution in [0, 0.1) is 33.5 Å². The molecule has 0 aromatic rings. The third-order valence-corrected chi connectivity index (χ3v) is 4.08. The molecule has 4 nitrogen and oxygen atoms in total. The first-order valence-corrected chi connectivity index (χ1v) is 7.59. The van der Waals surface area contributed by atoms with Crippen LogP contribution in [0.5, 0.6) is 0 Å². The molecule has 20 heavy (non-hydrogen) atoms. The van der Waals surface area contributed by atoms with Crippen LogP contribution in [0.15, 0.2) is 0 Å². The van der Waals surface area contributed by atoms with Crippen molar-refractivity contribution in [2.24, 2.45) is 10.8 Å². The number of nitrogens with one attached hydrogen (secondary N) is 2. The zero-order chi connectivity index (χ0) is 15.1. The molecular weight excluding hydrogens is 248 g/mol. The lowest BCUT2D eigenvalue weighted by Crippen LogP contribution is -2.48. The van der Waals surface area contributed by atoms with Crippen LogP contribution in [0.4, 0.5) is 0 Å². The average molecular weight is 276 g/mol. The Hall–Kier alpha value is -1.10. The number of rotatable bonds is 7. The fraction of sp³-hybridized carbons (Fsp3) is 0.875. The van der Waals surface area contributed by atoms with Gasteiger partial charge in [-0.15, -0.1) is 0 Å². The van der Waals surface area contributed by atoms with Gasteiger partial charge in [0.15, 0.2) is 0 Å². The van der Waals surface area contributed by atoms with E-state index in [4.69, 9.17) is 10.5 Å². The second-order valence-corrected chi connectivity index (χ2v) is 7.20. The van der Waals surface area contributed by atoms with Crippen LogP contribution in [0.25, 0.3) is 0 Å². The highest BCUT2D eigenvalue weighted by Crippen LogP contribution is 2.45. The number of hydrogen-bond donors (Lipinski definition) is 2. The summed E-state index contributed by atoms with van der Waals surface area (Å²) in [5.74, 6) is 0. The molecule has 0 aliphatic heterocycles. The summed E-state index contributed by atoms with van der Waals surface area (Å²) in [7, 11) is 0. The minimum absolute atomic E-state index is 0.265. The lowest BCUT2D eigenvalue weighted by molar-refractivity contribution is 0.0709. The molecule has 0 saturated heterocycles. The molecule has 4 heteroatoms. The minimum atomic E-state index is 0.265. The van der Waals surface area contributed by atoms with Gasteiger partial charge in [-0.3, -0.25) is 0 Å². The van der Waals surface area contributed by atoms with Crippen molar-refractivity contribution in [2.75, 3.05) is 19.6 Å². The van der Waals surface area contributed by atoms with Crippen LogP contribution >= 0.6 is 0 Å². The molecule has 112 valence electrons. The molecular formula is C16H28N4. The molecule has 0 aromatic carbocycles. The van der Waals surface area contributed by atoms with E-state index in [9.17, 15) is 0 Å². The molecule has 0 amide bonds. The third-order valence-electron chi connectivity index (χ3n) is 4.08. The Balaban J connectivity index is 2.52. The molecule has 1 aliphatic carbocycles. The predicted molar refractivity (Wildman–Crippen MR) is 80.9 cm³/mol. The Morgan fingerprint density at radius 3 is 2.35 bits per heavy atom. The summed E-state index contributed by atoms with van der Waals surface area (Å²) in [5, 5.41) is 24.2. The second-order valence-electron chi connectivity index (χ2n) is 7.20. The zero-order valence-electron chi connectivity index (χ0n) is 13.1. The lowest BCUT2D eigenvalue weighted by Gasteiger charge is -2.47. The molecule has 2 atom stereocenters. The van der Waals surface area contributed by atoms with Crippen LogP contribution in [0.1, 0.15) is 52.9 Å². The molecule has 0 unspecified atom stereocenters. The smallest absolute Gasteiger partial charge is 0.0635 e. The first-order chi connectivity index (χ1) is 9.41. The van der Waals surface area contributed by atoms with Crippen molar-refractivity contribution in [3.63, 3.8) is 0 Å². The van der Waals surface area contributed by atoms with Crippen molar-refractivity contribution >= 4 is 0 Å². The van der Waals surface area contributed by atoms with Gasteiger partial charge in [-0.25, -0.2) is 0 Å². The predicted octanol–water partition coefficient (Wildman–Crippen LogP) is 2.58. The van der Waals surface area contributed by atoms with Gasteiger partial charge in [0.05, 0.1) is 12.1 Å². The van der Waals surface area contributed by atoms with Gasteiger partial charge in [0, 0.05) is 38.5 Å². The van der Waals surface area contributed by atoms with Gasteiger partial charge in [-0.2, -0.15) is 10.5 Å². The summed E-state index contributed by atoms with van der Waals surface area (Å²) in [5.41, 5.74) is 0.593. The molecule has 0 radical (unpaired) electrons. The maximum Gasteiger partial charge on any atom is 0.0635 e.